The van der Waals surface area contributed by atoms with Gasteiger partial charge in [0.05, 0.1) is 0 Å². The molecular weight excluding hydrogens is 358 g/mol. The van der Waals surface area contributed by atoms with Gasteiger partial charge in [-0.05, 0) is 69.7 Å². The normalized spacial score (nSPS) is 10.8. The van der Waals surface area contributed by atoms with Crippen LogP contribution in [0.15, 0.2) is 42.5 Å². The summed E-state index contributed by atoms with van der Waals surface area (Å²) in [5, 5.41) is 8.00. The number of aryl methyl sites for hydroxylation is 1. The van der Waals surface area contributed by atoms with Crippen molar-refractivity contribution >= 4 is 29.3 Å². The van der Waals surface area contributed by atoms with Crippen molar-refractivity contribution in [2.45, 2.75) is 33.3 Å². The van der Waals surface area contributed by atoms with E-state index in [1.54, 1.807) is 70.3 Å². The molecule has 2 rings (SSSR count). The quantitative estimate of drug-likeness (QED) is 0.745. The summed E-state index contributed by atoms with van der Waals surface area (Å²) in [4.78, 5) is 36.0. The van der Waals surface area contributed by atoms with Crippen molar-refractivity contribution in [1.82, 2.24) is 5.32 Å². The van der Waals surface area contributed by atoms with Crippen molar-refractivity contribution in [1.29, 1.82) is 0 Å². The highest BCUT2D eigenvalue weighted by Crippen LogP contribution is 2.22. The molecule has 3 amide bonds. The maximum Gasteiger partial charge on any atom is 0.412 e. The Kier molecular flexibility index (Phi) is 6.41. The lowest BCUT2D eigenvalue weighted by atomic mass is 10.1. The minimum Gasteiger partial charge on any atom is -0.444 e. The van der Waals surface area contributed by atoms with Gasteiger partial charge in [-0.3, -0.25) is 14.9 Å². The molecule has 0 unspecified atom stereocenters. The summed E-state index contributed by atoms with van der Waals surface area (Å²) in [6.07, 6.45) is -0.571. The van der Waals surface area contributed by atoms with Gasteiger partial charge in [0.1, 0.15) is 5.60 Å². The van der Waals surface area contributed by atoms with Gasteiger partial charge in [0.15, 0.2) is 0 Å². The summed E-state index contributed by atoms with van der Waals surface area (Å²) in [6, 6.07) is 11.5. The monoisotopic (exact) mass is 383 g/mol. The first kappa shape index (κ1) is 21.0. The summed E-state index contributed by atoms with van der Waals surface area (Å²) in [7, 11) is 1.55. The number of benzene rings is 2. The highest BCUT2D eigenvalue weighted by Gasteiger charge is 2.17. The molecule has 0 bridgehead atoms. The molecule has 0 aliphatic carbocycles. The van der Waals surface area contributed by atoms with Crippen molar-refractivity contribution in [2.24, 2.45) is 0 Å². The van der Waals surface area contributed by atoms with Crippen molar-refractivity contribution in [3.05, 3.63) is 59.2 Å². The Hall–Kier alpha value is -3.35. The van der Waals surface area contributed by atoms with E-state index in [9.17, 15) is 14.4 Å². The lowest BCUT2D eigenvalue weighted by molar-refractivity contribution is 0.0635. The van der Waals surface area contributed by atoms with E-state index in [1.165, 1.54) is 0 Å². The third-order valence-electron chi connectivity index (χ3n) is 3.77. The number of anilines is 2. The van der Waals surface area contributed by atoms with E-state index < -0.39 is 11.7 Å². The van der Waals surface area contributed by atoms with Gasteiger partial charge >= 0.3 is 6.09 Å². The molecule has 7 nitrogen and oxygen atoms in total. The molecule has 0 aromatic heterocycles. The van der Waals surface area contributed by atoms with Crippen LogP contribution in [0.2, 0.25) is 0 Å². The van der Waals surface area contributed by atoms with Crippen molar-refractivity contribution in [2.75, 3.05) is 17.7 Å². The number of ether oxygens (including phenoxy) is 1. The Balaban J connectivity index is 2.11. The maximum absolute atomic E-state index is 12.5. The largest absolute Gasteiger partial charge is 0.444 e. The number of hydrogen-bond donors (Lipinski definition) is 3. The van der Waals surface area contributed by atoms with Gasteiger partial charge < -0.3 is 15.4 Å². The SMILES string of the molecule is CNC(=O)c1ccc(C(=O)Nc2cc(NC(=O)OC(C)(C)C)ccc2C)cc1. The van der Waals surface area contributed by atoms with Gasteiger partial charge in [0.2, 0.25) is 0 Å². The molecular formula is C21H25N3O4. The molecule has 0 saturated heterocycles. The second kappa shape index (κ2) is 8.56. The predicted octanol–water partition coefficient (Wildman–Crippen LogP) is 3.95. The van der Waals surface area contributed by atoms with Crippen molar-refractivity contribution < 1.29 is 19.1 Å². The second-order valence-corrected chi connectivity index (χ2v) is 7.27. The van der Waals surface area contributed by atoms with Crippen molar-refractivity contribution in [3.63, 3.8) is 0 Å². The van der Waals surface area contributed by atoms with Gasteiger partial charge in [-0.2, -0.15) is 0 Å². The molecule has 28 heavy (non-hydrogen) atoms. The van der Waals surface area contributed by atoms with Crippen LogP contribution >= 0.6 is 0 Å². The molecule has 0 saturated carbocycles. The highest BCUT2D eigenvalue weighted by molar-refractivity contribution is 6.05. The van der Waals surface area contributed by atoms with Crippen LogP contribution in [0.5, 0.6) is 0 Å². The molecule has 0 fully saturated rings. The third kappa shape index (κ3) is 5.84. The molecule has 7 heteroatoms. The first-order valence-electron chi connectivity index (χ1n) is 8.83. The first-order valence-corrected chi connectivity index (χ1v) is 8.83. The average Bonchev–Trinajstić information content (AvgIpc) is 2.62. The minimum absolute atomic E-state index is 0.219. The lowest BCUT2D eigenvalue weighted by Gasteiger charge is -2.20. The van der Waals surface area contributed by atoms with E-state index >= 15 is 0 Å². The molecule has 0 aliphatic rings. The zero-order chi connectivity index (χ0) is 20.9. The van der Waals surface area contributed by atoms with Gasteiger partial charge in [-0.25, -0.2) is 4.79 Å². The Morgan fingerprint density at radius 1 is 0.857 bits per heavy atom. The Labute approximate surface area is 164 Å². The summed E-state index contributed by atoms with van der Waals surface area (Å²) in [5.41, 5.74) is 2.19. The van der Waals surface area contributed by atoms with E-state index in [0.717, 1.165) is 5.56 Å². The zero-order valence-corrected chi connectivity index (χ0v) is 16.7. The van der Waals surface area contributed by atoms with Crippen LogP contribution in [0.3, 0.4) is 0 Å². The fourth-order valence-corrected chi connectivity index (χ4v) is 2.37. The van der Waals surface area contributed by atoms with Crippen LogP contribution in [-0.2, 0) is 4.74 Å². The first-order chi connectivity index (χ1) is 13.1. The Morgan fingerprint density at radius 3 is 1.96 bits per heavy atom. The lowest BCUT2D eigenvalue weighted by Crippen LogP contribution is -2.27. The Morgan fingerprint density at radius 2 is 1.43 bits per heavy atom. The average molecular weight is 383 g/mol. The van der Waals surface area contributed by atoms with Crippen LogP contribution in [0, 0.1) is 6.92 Å². The second-order valence-electron chi connectivity index (χ2n) is 7.27. The Bertz CT molecular complexity index is 884. The van der Waals surface area contributed by atoms with Crippen LogP contribution in [0.4, 0.5) is 16.2 Å². The summed E-state index contributed by atoms with van der Waals surface area (Å²) in [6.45, 7) is 7.19. The number of hydrogen-bond acceptors (Lipinski definition) is 4. The predicted molar refractivity (Wildman–Crippen MR) is 109 cm³/mol. The topological polar surface area (TPSA) is 96.5 Å². The summed E-state index contributed by atoms with van der Waals surface area (Å²) in [5.74, 6) is -0.537. The molecule has 2 aromatic rings. The summed E-state index contributed by atoms with van der Waals surface area (Å²) < 4.78 is 5.23. The molecule has 0 radical (unpaired) electrons. The summed E-state index contributed by atoms with van der Waals surface area (Å²) >= 11 is 0. The van der Waals surface area contributed by atoms with Gasteiger partial charge in [-0.15, -0.1) is 0 Å². The number of amides is 3. The van der Waals surface area contributed by atoms with E-state index in [1.807, 2.05) is 6.92 Å². The molecule has 3 N–H and O–H groups in total. The van der Waals surface area contributed by atoms with Crippen LogP contribution in [0.1, 0.15) is 47.1 Å². The molecule has 0 spiro atoms. The molecule has 0 atom stereocenters. The fourth-order valence-electron chi connectivity index (χ4n) is 2.37. The number of carbonyl (C=O) groups is 3. The van der Waals surface area contributed by atoms with E-state index in [0.29, 0.717) is 22.5 Å². The van der Waals surface area contributed by atoms with Crippen LogP contribution in [-0.4, -0.2) is 30.6 Å². The van der Waals surface area contributed by atoms with Gasteiger partial charge in [0, 0.05) is 29.5 Å². The van der Waals surface area contributed by atoms with Gasteiger partial charge in [-0.1, -0.05) is 6.07 Å². The minimum atomic E-state index is -0.604. The third-order valence-corrected chi connectivity index (χ3v) is 3.77. The number of rotatable bonds is 4. The van der Waals surface area contributed by atoms with Gasteiger partial charge in [0.25, 0.3) is 11.8 Å². The zero-order valence-electron chi connectivity index (χ0n) is 16.7. The van der Waals surface area contributed by atoms with Crippen LogP contribution < -0.4 is 16.0 Å². The maximum atomic E-state index is 12.5. The van der Waals surface area contributed by atoms with E-state index in [2.05, 4.69) is 16.0 Å². The van der Waals surface area contributed by atoms with E-state index in [-0.39, 0.29) is 11.8 Å². The fraction of sp³-hybridized carbons (Fsp3) is 0.286. The number of nitrogens with one attached hydrogen (secondary N) is 3. The number of carbonyl (C=O) groups excluding carboxylic acids is 3. The van der Waals surface area contributed by atoms with E-state index in [4.69, 9.17) is 4.74 Å². The highest BCUT2D eigenvalue weighted by atomic mass is 16.6. The molecule has 148 valence electrons. The standard InChI is InChI=1S/C21H25N3O4/c1-13-6-11-16(23-20(27)28-21(2,3)4)12-17(13)24-19(26)15-9-7-14(8-10-15)18(25)22-5/h6-12H,1-5H3,(H,22,25)(H,23,27)(H,24,26). The van der Waals surface area contributed by atoms with Crippen molar-refractivity contribution in [3.8, 4) is 0 Å². The smallest absolute Gasteiger partial charge is 0.412 e. The molecule has 0 heterocycles. The molecule has 0 aliphatic heterocycles. The van der Waals surface area contributed by atoms with Crippen LogP contribution in [0.25, 0.3) is 0 Å². The molecule has 2 aromatic carbocycles.